The van der Waals surface area contributed by atoms with Gasteiger partial charge in [-0.1, -0.05) is 26.7 Å². The van der Waals surface area contributed by atoms with Gasteiger partial charge in [0.1, 0.15) is 5.82 Å². The van der Waals surface area contributed by atoms with Crippen molar-refractivity contribution in [2.75, 3.05) is 11.1 Å². The first kappa shape index (κ1) is 13.2. The maximum Gasteiger partial charge on any atom is 0.147 e. The number of anilines is 2. The van der Waals surface area contributed by atoms with Gasteiger partial charge in [0.15, 0.2) is 0 Å². The normalized spacial score (nSPS) is 24.5. The van der Waals surface area contributed by atoms with Crippen molar-refractivity contribution in [3.63, 3.8) is 0 Å². The van der Waals surface area contributed by atoms with E-state index < -0.39 is 0 Å². The minimum atomic E-state index is 0.538. The summed E-state index contributed by atoms with van der Waals surface area (Å²) < 4.78 is 1.87. The fourth-order valence-electron chi connectivity index (χ4n) is 3.16. The Labute approximate surface area is 110 Å². The number of rotatable bonds is 3. The Hall–Kier alpha value is -1.19. The molecule has 18 heavy (non-hydrogen) atoms. The van der Waals surface area contributed by atoms with E-state index in [2.05, 4.69) is 24.3 Å². The molecule has 1 aliphatic rings. The van der Waals surface area contributed by atoms with Crippen LogP contribution in [-0.4, -0.2) is 15.8 Å². The van der Waals surface area contributed by atoms with Gasteiger partial charge in [-0.15, -0.1) is 0 Å². The number of nitrogens with two attached hydrogens (primary N) is 1. The molecule has 0 aliphatic heterocycles. The van der Waals surface area contributed by atoms with Gasteiger partial charge < -0.3 is 11.1 Å². The van der Waals surface area contributed by atoms with Crippen molar-refractivity contribution < 1.29 is 0 Å². The van der Waals surface area contributed by atoms with Gasteiger partial charge in [-0.2, -0.15) is 5.10 Å². The lowest BCUT2D eigenvalue weighted by Gasteiger charge is -2.35. The Bertz CT molecular complexity index is 408. The van der Waals surface area contributed by atoms with Crippen molar-refractivity contribution in [3.05, 3.63) is 5.69 Å². The molecule has 0 bridgehead atoms. The molecule has 1 aromatic rings. The van der Waals surface area contributed by atoms with Crippen LogP contribution in [0.1, 0.15) is 45.2 Å². The molecule has 1 heterocycles. The zero-order valence-corrected chi connectivity index (χ0v) is 12.0. The first-order valence-corrected chi connectivity index (χ1v) is 7.06. The second kappa shape index (κ2) is 5.21. The van der Waals surface area contributed by atoms with Crippen LogP contribution in [0.3, 0.4) is 0 Å². The molecular weight excluding hydrogens is 224 g/mol. The van der Waals surface area contributed by atoms with Crippen LogP contribution < -0.4 is 11.1 Å². The largest absolute Gasteiger partial charge is 0.394 e. The SMILES string of the molecule is Cc1nn(C)c(NC2CCCCC2C(C)C)c1N. The first-order valence-electron chi connectivity index (χ1n) is 7.06. The Morgan fingerprint density at radius 1 is 1.33 bits per heavy atom. The Morgan fingerprint density at radius 3 is 2.56 bits per heavy atom. The number of hydrogen-bond acceptors (Lipinski definition) is 3. The average Bonchev–Trinajstić information content (AvgIpc) is 2.56. The molecule has 0 radical (unpaired) electrons. The van der Waals surface area contributed by atoms with Crippen LogP contribution in [0.4, 0.5) is 11.5 Å². The minimum absolute atomic E-state index is 0.538. The molecule has 2 unspecified atom stereocenters. The van der Waals surface area contributed by atoms with E-state index in [9.17, 15) is 0 Å². The molecule has 4 heteroatoms. The van der Waals surface area contributed by atoms with Gasteiger partial charge in [-0.05, 0) is 31.6 Å². The van der Waals surface area contributed by atoms with Crippen molar-refractivity contribution in [1.82, 2.24) is 9.78 Å². The predicted octanol–water partition coefficient (Wildman–Crippen LogP) is 2.94. The highest BCUT2D eigenvalue weighted by Crippen LogP contribution is 2.33. The highest BCUT2D eigenvalue weighted by atomic mass is 15.3. The van der Waals surface area contributed by atoms with E-state index in [1.165, 1.54) is 25.7 Å². The fourth-order valence-corrected chi connectivity index (χ4v) is 3.16. The summed E-state index contributed by atoms with van der Waals surface area (Å²) in [5, 5.41) is 8.02. The summed E-state index contributed by atoms with van der Waals surface area (Å²) in [6, 6.07) is 0.538. The van der Waals surface area contributed by atoms with Crippen LogP contribution in [0.2, 0.25) is 0 Å². The monoisotopic (exact) mass is 250 g/mol. The van der Waals surface area contributed by atoms with Gasteiger partial charge in [-0.25, -0.2) is 0 Å². The molecule has 0 spiro atoms. The van der Waals surface area contributed by atoms with Crippen molar-refractivity contribution in [1.29, 1.82) is 0 Å². The van der Waals surface area contributed by atoms with Crippen LogP contribution >= 0.6 is 0 Å². The summed E-state index contributed by atoms with van der Waals surface area (Å²) in [5.41, 5.74) is 7.81. The van der Waals surface area contributed by atoms with Gasteiger partial charge in [-0.3, -0.25) is 4.68 Å². The van der Waals surface area contributed by atoms with Crippen LogP contribution in [0.5, 0.6) is 0 Å². The number of nitrogens with zero attached hydrogens (tertiary/aromatic N) is 2. The standard InChI is InChI=1S/C14H26N4/c1-9(2)11-7-5-6-8-12(11)16-14-13(15)10(3)17-18(14)4/h9,11-12,16H,5-8,15H2,1-4H3. The number of aromatic nitrogens is 2. The van der Waals surface area contributed by atoms with E-state index in [4.69, 9.17) is 5.73 Å². The average molecular weight is 250 g/mol. The topological polar surface area (TPSA) is 55.9 Å². The van der Waals surface area contributed by atoms with Gasteiger partial charge in [0, 0.05) is 13.1 Å². The van der Waals surface area contributed by atoms with Crippen LogP contribution in [0, 0.1) is 18.8 Å². The van der Waals surface area contributed by atoms with E-state index in [-0.39, 0.29) is 0 Å². The van der Waals surface area contributed by atoms with Crippen molar-refractivity contribution in [2.45, 2.75) is 52.5 Å². The third-order valence-corrected chi connectivity index (χ3v) is 4.27. The van der Waals surface area contributed by atoms with Gasteiger partial charge in [0.2, 0.25) is 0 Å². The maximum atomic E-state index is 6.10. The lowest BCUT2D eigenvalue weighted by atomic mass is 9.78. The summed E-state index contributed by atoms with van der Waals surface area (Å²) in [7, 11) is 1.96. The Kier molecular flexibility index (Phi) is 3.83. The molecule has 3 N–H and O–H groups in total. The molecule has 4 nitrogen and oxygen atoms in total. The van der Waals surface area contributed by atoms with Gasteiger partial charge in [0.25, 0.3) is 0 Å². The van der Waals surface area contributed by atoms with Gasteiger partial charge >= 0.3 is 0 Å². The summed E-state index contributed by atoms with van der Waals surface area (Å²) in [6.45, 7) is 6.60. The Morgan fingerprint density at radius 2 is 2.00 bits per heavy atom. The van der Waals surface area contributed by atoms with Crippen LogP contribution in [0.25, 0.3) is 0 Å². The fraction of sp³-hybridized carbons (Fsp3) is 0.786. The predicted molar refractivity (Wildman–Crippen MR) is 76.6 cm³/mol. The van der Waals surface area contributed by atoms with Crippen molar-refractivity contribution >= 4 is 11.5 Å². The van der Waals surface area contributed by atoms with E-state index >= 15 is 0 Å². The summed E-state index contributed by atoms with van der Waals surface area (Å²) in [5.74, 6) is 2.46. The number of aryl methyl sites for hydroxylation is 2. The smallest absolute Gasteiger partial charge is 0.147 e. The first-order chi connectivity index (χ1) is 8.50. The van der Waals surface area contributed by atoms with E-state index in [0.29, 0.717) is 6.04 Å². The molecule has 2 atom stereocenters. The van der Waals surface area contributed by atoms with Crippen LogP contribution in [-0.2, 0) is 7.05 Å². The van der Waals surface area contributed by atoms with Crippen molar-refractivity contribution in [2.24, 2.45) is 18.9 Å². The second-order valence-electron chi connectivity index (χ2n) is 5.91. The van der Waals surface area contributed by atoms with E-state index in [1.54, 1.807) is 0 Å². The zero-order chi connectivity index (χ0) is 13.3. The molecule has 1 aliphatic carbocycles. The molecule has 1 fully saturated rings. The summed E-state index contributed by atoms with van der Waals surface area (Å²) in [6.07, 6.45) is 5.25. The molecule has 1 aromatic heterocycles. The summed E-state index contributed by atoms with van der Waals surface area (Å²) >= 11 is 0. The molecule has 0 saturated heterocycles. The maximum absolute atomic E-state index is 6.10. The third-order valence-electron chi connectivity index (χ3n) is 4.27. The number of hydrogen-bond donors (Lipinski definition) is 2. The van der Waals surface area contributed by atoms with Crippen molar-refractivity contribution in [3.8, 4) is 0 Å². The summed E-state index contributed by atoms with van der Waals surface area (Å²) in [4.78, 5) is 0. The quantitative estimate of drug-likeness (QED) is 0.867. The van der Waals surface area contributed by atoms with Crippen LogP contribution in [0.15, 0.2) is 0 Å². The van der Waals surface area contributed by atoms with E-state index in [1.807, 2.05) is 18.7 Å². The highest BCUT2D eigenvalue weighted by Gasteiger charge is 2.28. The molecular formula is C14H26N4. The number of nitrogen functional groups attached to an aromatic ring is 1. The Balaban J connectivity index is 2.16. The lowest BCUT2D eigenvalue weighted by Crippen LogP contribution is -2.36. The third kappa shape index (κ3) is 2.47. The molecule has 0 aromatic carbocycles. The van der Waals surface area contributed by atoms with E-state index in [0.717, 1.165) is 29.0 Å². The molecule has 102 valence electrons. The van der Waals surface area contributed by atoms with Gasteiger partial charge in [0.05, 0.1) is 11.4 Å². The second-order valence-corrected chi connectivity index (χ2v) is 5.91. The highest BCUT2D eigenvalue weighted by molar-refractivity contribution is 5.65. The lowest BCUT2D eigenvalue weighted by molar-refractivity contribution is 0.253. The molecule has 2 rings (SSSR count). The molecule has 1 saturated carbocycles. The zero-order valence-electron chi connectivity index (χ0n) is 12.0. The molecule has 0 amide bonds. The minimum Gasteiger partial charge on any atom is -0.394 e. The number of nitrogens with one attached hydrogen (secondary N) is 1.